The van der Waals surface area contributed by atoms with Crippen LogP contribution < -0.4 is 4.90 Å². The summed E-state index contributed by atoms with van der Waals surface area (Å²) >= 11 is 6.38. The molecule has 1 heterocycles. The van der Waals surface area contributed by atoms with Crippen molar-refractivity contribution in [2.45, 2.75) is 52.5 Å². The zero-order chi connectivity index (χ0) is 25.5. The number of halogens is 1. The molecular formula is C30H30ClNO3. The maximum absolute atomic E-state index is 13.3. The summed E-state index contributed by atoms with van der Waals surface area (Å²) < 4.78 is 0. The van der Waals surface area contributed by atoms with Crippen molar-refractivity contribution in [2.75, 3.05) is 4.90 Å². The topological polar surface area (TPSA) is 57.6 Å². The summed E-state index contributed by atoms with van der Waals surface area (Å²) in [5.74, 6) is -1.60. The van der Waals surface area contributed by atoms with Gasteiger partial charge in [-0.2, -0.15) is 0 Å². The minimum absolute atomic E-state index is 0.0498. The molecule has 0 spiro atoms. The largest absolute Gasteiger partial charge is 0.507 e. The van der Waals surface area contributed by atoms with E-state index >= 15 is 0 Å². The van der Waals surface area contributed by atoms with Gasteiger partial charge >= 0.3 is 0 Å². The number of anilines is 1. The molecule has 1 aliphatic heterocycles. The summed E-state index contributed by atoms with van der Waals surface area (Å²) in [6.07, 6.45) is 0.861. The minimum Gasteiger partial charge on any atom is -0.507 e. The van der Waals surface area contributed by atoms with Crippen LogP contribution in [0.4, 0.5) is 5.69 Å². The van der Waals surface area contributed by atoms with Gasteiger partial charge in [-0.15, -0.1) is 0 Å². The zero-order valence-electron chi connectivity index (χ0n) is 20.7. The first kappa shape index (κ1) is 24.7. The second-order valence-corrected chi connectivity index (χ2v) is 10.4. The molecule has 1 unspecified atom stereocenters. The predicted octanol–water partition coefficient (Wildman–Crippen LogP) is 7.13. The number of aliphatic hydroxyl groups is 1. The summed E-state index contributed by atoms with van der Waals surface area (Å²) in [5, 5.41) is 11.8. The van der Waals surface area contributed by atoms with Gasteiger partial charge in [-0.3, -0.25) is 14.5 Å². The van der Waals surface area contributed by atoms with Crippen molar-refractivity contribution in [3.8, 4) is 0 Å². The highest BCUT2D eigenvalue weighted by molar-refractivity contribution is 6.51. The summed E-state index contributed by atoms with van der Waals surface area (Å²) in [7, 11) is 0. The van der Waals surface area contributed by atoms with E-state index in [2.05, 4.69) is 20.8 Å². The third-order valence-electron chi connectivity index (χ3n) is 6.61. The third-order valence-corrected chi connectivity index (χ3v) is 7.01. The Hall–Kier alpha value is -3.37. The van der Waals surface area contributed by atoms with Crippen LogP contribution in [-0.4, -0.2) is 16.8 Å². The number of ketones is 1. The van der Waals surface area contributed by atoms with Crippen molar-refractivity contribution < 1.29 is 14.7 Å². The SMILES string of the molecule is CCc1ccc(/C(O)=C2\C(=O)C(=O)N(c3ccc(C)c(Cl)c3)C2c2ccc(C(C)(C)C)cc2)cc1. The molecule has 1 saturated heterocycles. The average molecular weight is 488 g/mol. The van der Waals surface area contributed by atoms with Crippen LogP contribution in [0.3, 0.4) is 0 Å². The van der Waals surface area contributed by atoms with E-state index in [1.54, 1.807) is 24.3 Å². The molecule has 5 heteroatoms. The highest BCUT2D eigenvalue weighted by atomic mass is 35.5. The molecule has 0 radical (unpaired) electrons. The first-order valence-electron chi connectivity index (χ1n) is 11.8. The lowest BCUT2D eigenvalue weighted by molar-refractivity contribution is -0.132. The lowest BCUT2D eigenvalue weighted by Crippen LogP contribution is -2.29. The molecule has 1 atom stereocenters. The Bertz CT molecular complexity index is 1320. The highest BCUT2D eigenvalue weighted by Gasteiger charge is 2.47. The molecule has 1 N–H and O–H groups in total. The molecule has 3 aromatic carbocycles. The average Bonchev–Trinajstić information content (AvgIpc) is 3.10. The van der Waals surface area contributed by atoms with Crippen molar-refractivity contribution in [2.24, 2.45) is 0 Å². The number of rotatable bonds is 4. The Morgan fingerprint density at radius 3 is 2.14 bits per heavy atom. The van der Waals surface area contributed by atoms with Crippen LogP contribution in [-0.2, 0) is 21.4 Å². The lowest BCUT2D eigenvalue weighted by Gasteiger charge is -2.27. The van der Waals surface area contributed by atoms with Gasteiger partial charge in [-0.05, 0) is 53.1 Å². The van der Waals surface area contributed by atoms with Crippen LogP contribution in [0.25, 0.3) is 5.76 Å². The Morgan fingerprint density at radius 1 is 0.971 bits per heavy atom. The van der Waals surface area contributed by atoms with E-state index in [4.69, 9.17) is 11.6 Å². The van der Waals surface area contributed by atoms with E-state index in [1.165, 1.54) is 4.90 Å². The fourth-order valence-electron chi connectivity index (χ4n) is 4.37. The standard InChI is InChI=1S/C30H30ClNO3/c1-6-19-8-10-21(11-9-19)27(33)25-26(20-12-14-22(15-13-20)30(3,4)5)32(29(35)28(25)34)23-16-7-18(2)24(31)17-23/h7-17,26,33H,6H2,1-5H3/b27-25+. The Morgan fingerprint density at radius 2 is 1.60 bits per heavy atom. The van der Waals surface area contributed by atoms with E-state index in [0.29, 0.717) is 16.3 Å². The number of hydrogen-bond donors (Lipinski definition) is 1. The van der Waals surface area contributed by atoms with Gasteiger partial charge in [0.1, 0.15) is 5.76 Å². The summed E-state index contributed by atoms with van der Waals surface area (Å²) in [4.78, 5) is 28.1. The summed E-state index contributed by atoms with van der Waals surface area (Å²) in [6, 6.07) is 19.8. The first-order valence-corrected chi connectivity index (χ1v) is 12.2. The Balaban J connectivity index is 1.92. The maximum atomic E-state index is 13.3. The number of Topliss-reactive ketones (excluding diaryl/α,β-unsaturated/α-hetero) is 1. The van der Waals surface area contributed by atoms with E-state index in [0.717, 1.165) is 28.7 Å². The van der Waals surface area contributed by atoms with E-state index in [-0.39, 0.29) is 16.7 Å². The molecule has 180 valence electrons. The van der Waals surface area contributed by atoms with Crippen LogP contribution in [0, 0.1) is 6.92 Å². The summed E-state index contributed by atoms with van der Waals surface area (Å²) in [6.45, 7) is 10.3. The molecule has 1 aliphatic rings. The van der Waals surface area contributed by atoms with Crippen LogP contribution in [0.1, 0.15) is 61.6 Å². The van der Waals surface area contributed by atoms with Gasteiger partial charge < -0.3 is 5.11 Å². The monoisotopic (exact) mass is 487 g/mol. The molecule has 4 nitrogen and oxygen atoms in total. The van der Waals surface area contributed by atoms with Gasteiger partial charge in [0, 0.05) is 16.3 Å². The molecule has 0 aromatic heterocycles. The smallest absolute Gasteiger partial charge is 0.300 e. The number of nitrogens with zero attached hydrogens (tertiary/aromatic N) is 1. The Labute approximate surface area is 211 Å². The number of hydrogen-bond acceptors (Lipinski definition) is 3. The number of amides is 1. The van der Waals surface area contributed by atoms with Gasteiger partial charge in [0.15, 0.2) is 0 Å². The molecule has 0 saturated carbocycles. The number of carbonyl (C=O) groups is 2. The normalized spacial score (nSPS) is 17.8. The number of aryl methyl sites for hydroxylation is 2. The van der Waals surface area contributed by atoms with Gasteiger partial charge in [0.2, 0.25) is 0 Å². The molecular weight excluding hydrogens is 458 g/mol. The molecule has 4 rings (SSSR count). The lowest BCUT2D eigenvalue weighted by atomic mass is 9.85. The van der Waals surface area contributed by atoms with Crippen LogP contribution in [0.5, 0.6) is 0 Å². The fraction of sp³-hybridized carbons (Fsp3) is 0.267. The number of benzene rings is 3. The molecule has 3 aromatic rings. The quantitative estimate of drug-likeness (QED) is 0.242. The van der Waals surface area contributed by atoms with E-state index in [1.807, 2.05) is 56.3 Å². The highest BCUT2D eigenvalue weighted by Crippen LogP contribution is 2.43. The van der Waals surface area contributed by atoms with Crippen LogP contribution in [0.2, 0.25) is 5.02 Å². The molecule has 0 bridgehead atoms. The third kappa shape index (κ3) is 4.63. The van der Waals surface area contributed by atoms with Gasteiger partial charge in [-0.25, -0.2) is 0 Å². The van der Waals surface area contributed by atoms with Crippen LogP contribution in [0.15, 0.2) is 72.3 Å². The second kappa shape index (κ2) is 9.35. The molecule has 1 fully saturated rings. The van der Waals surface area contributed by atoms with E-state index < -0.39 is 17.7 Å². The summed E-state index contributed by atoms with van der Waals surface area (Å²) in [5.41, 5.74) is 4.88. The van der Waals surface area contributed by atoms with Crippen molar-refractivity contribution in [1.29, 1.82) is 0 Å². The van der Waals surface area contributed by atoms with Crippen molar-refractivity contribution in [1.82, 2.24) is 0 Å². The van der Waals surface area contributed by atoms with Gasteiger partial charge in [0.05, 0.1) is 11.6 Å². The van der Waals surface area contributed by atoms with E-state index in [9.17, 15) is 14.7 Å². The van der Waals surface area contributed by atoms with Crippen molar-refractivity contribution in [3.63, 3.8) is 0 Å². The van der Waals surface area contributed by atoms with Crippen molar-refractivity contribution >= 4 is 34.7 Å². The molecule has 35 heavy (non-hydrogen) atoms. The number of carbonyl (C=O) groups excluding carboxylic acids is 2. The Kier molecular flexibility index (Phi) is 6.61. The first-order chi connectivity index (χ1) is 16.5. The fourth-order valence-corrected chi connectivity index (χ4v) is 4.54. The van der Waals surface area contributed by atoms with Crippen LogP contribution >= 0.6 is 11.6 Å². The van der Waals surface area contributed by atoms with Crippen molar-refractivity contribution in [3.05, 3.63) is 105 Å². The number of aliphatic hydroxyl groups excluding tert-OH is 1. The van der Waals surface area contributed by atoms with Gasteiger partial charge in [-0.1, -0.05) is 93.9 Å². The zero-order valence-corrected chi connectivity index (χ0v) is 21.5. The maximum Gasteiger partial charge on any atom is 0.300 e. The van der Waals surface area contributed by atoms with Gasteiger partial charge in [0.25, 0.3) is 11.7 Å². The minimum atomic E-state index is -0.784. The second-order valence-electron chi connectivity index (χ2n) is 10.0. The predicted molar refractivity (Wildman–Crippen MR) is 142 cm³/mol. The molecule has 0 aliphatic carbocycles. The molecule has 1 amide bonds.